The Labute approximate surface area is 193 Å². The summed E-state index contributed by atoms with van der Waals surface area (Å²) in [5.41, 5.74) is 4.64. The van der Waals surface area contributed by atoms with Gasteiger partial charge in [-0.2, -0.15) is 0 Å². The van der Waals surface area contributed by atoms with Gasteiger partial charge in [-0.3, -0.25) is 9.59 Å². The van der Waals surface area contributed by atoms with Crippen LogP contribution in [0.1, 0.15) is 104 Å². The first-order valence-corrected chi connectivity index (χ1v) is 13.2. The molecule has 1 N–H and O–H groups in total. The highest BCUT2D eigenvalue weighted by Crippen LogP contribution is 2.63. The van der Waals surface area contributed by atoms with Crippen LogP contribution in [0.15, 0.2) is 22.8 Å². The van der Waals surface area contributed by atoms with Crippen LogP contribution in [-0.4, -0.2) is 29.6 Å². The number of hydrogen-bond donors (Lipinski definition) is 1. The maximum absolute atomic E-state index is 12.1. The largest absolute Gasteiger partial charge is 0.462 e. The van der Waals surface area contributed by atoms with Gasteiger partial charge in [-0.15, -0.1) is 0 Å². The molecule has 4 heteroatoms. The van der Waals surface area contributed by atoms with E-state index in [0.717, 1.165) is 51.4 Å². The van der Waals surface area contributed by atoms with Gasteiger partial charge in [-0.1, -0.05) is 44.6 Å². The predicted octanol–water partition coefficient (Wildman–Crippen LogP) is 6.07. The molecule has 0 bridgehead atoms. The highest BCUT2D eigenvalue weighted by Gasteiger charge is 2.57. The van der Waals surface area contributed by atoms with Gasteiger partial charge in [-0.25, -0.2) is 0 Å². The summed E-state index contributed by atoms with van der Waals surface area (Å²) < 4.78 is 5.88. The van der Waals surface area contributed by atoms with Crippen LogP contribution < -0.4 is 0 Å². The van der Waals surface area contributed by atoms with Crippen molar-refractivity contribution in [2.75, 3.05) is 6.61 Å². The second kappa shape index (κ2) is 10.2. The van der Waals surface area contributed by atoms with Crippen molar-refractivity contribution in [3.63, 3.8) is 0 Å². The van der Waals surface area contributed by atoms with Crippen LogP contribution in [0.25, 0.3) is 0 Å². The average Bonchev–Trinajstić information content (AvgIpc) is 3.07. The molecule has 2 fully saturated rings. The number of carbonyl (C=O) groups excluding carboxylic acids is 2. The quantitative estimate of drug-likeness (QED) is 0.347. The first-order chi connectivity index (χ1) is 15.4. The topological polar surface area (TPSA) is 63.6 Å². The molecular weight excluding hydrogens is 400 g/mol. The van der Waals surface area contributed by atoms with Gasteiger partial charge in [-0.05, 0) is 86.3 Å². The number of rotatable bonds is 9. The fraction of sp³-hybridized carbons (Fsp3) is 0.786. The first-order valence-electron chi connectivity index (χ1n) is 13.2. The third-order valence-electron chi connectivity index (χ3n) is 9.02. The fourth-order valence-electron chi connectivity index (χ4n) is 7.65. The van der Waals surface area contributed by atoms with Crippen LogP contribution in [0, 0.1) is 23.2 Å². The molecule has 0 amide bonds. The van der Waals surface area contributed by atoms with Gasteiger partial charge >= 0.3 is 5.97 Å². The summed E-state index contributed by atoms with van der Waals surface area (Å²) in [6, 6.07) is 0. The number of ether oxygens (including phenoxy) is 1. The second-order valence-electron chi connectivity index (χ2n) is 11.0. The maximum atomic E-state index is 12.1. The molecule has 178 valence electrons. The summed E-state index contributed by atoms with van der Waals surface area (Å²) in [7, 11) is 0. The number of fused-ring (bicyclic) bond motifs is 4. The smallest absolute Gasteiger partial charge is 0.302 e. The molecule has 0 aliphatic heterocycles. The van der Waals surface area contributed by atoms with Gasteiger partial charge < -0.3 is 9.84 Å². The average molecular weight is 443 g/mol. The van der Waals surface area contributed by atoms with E-state index in [9.17, 15) is 9.59 Å². The fourth-order valence-corrected chi connectivity index (χ4v) is 7.65. The van der Waals surface area contributed by atoms with Gasteiger partial charge in [0.2, 0.25) is 0 Å². The van der Waals surface area contributed by atoms with Crippen molar-refractivity contribution in [2.24, 2.45) is 23.2 Å². The molecule has 0 aromatic heterocycles. The molecule has 4 rings (SSSR count). The monoisotopic (exact) mass is 442 g/mol. The maximum Gasteiger partial charge on any atom is 0.302 e. The number of aliphatic hydroxyl groups is 1. The third kappa shape index (κ3) is 4.76. The molecule has 0 aromatic rings. The molecule has 2 saturated carbocycles. The Kier molecular flexibility index (Phi) is 7.59. The highest BCUT2D eigenvalue weighted by atomic mass is 16.5. The van der Waals surface area contributed by atoms with E-state index in [1.807, 2.05) is 6.08 Å². The Bertz CT molecular complexity index is 778. The Hall–Kier alpha value is -1.42. The standard InChI is InChI=1S/C28H42O4/c1-19(30)32-26-15-14-25-24-12-10-20-17-22(31)11-13-23(20)27(24)21(18-28(25,26)2)9-7-5-3-4-6-8-16-29/h17,21,24-26,29H,3-16,18H2,1-2H3/t21-,24-,25-,26-,28-/m0/s1. The van der Waals surface area contributed by atoms with E-state index < -0.39 is 0 Å². The Morgan fingerprint density at radius 2 is 1.81 bits per heavy atom. The molecule has 0 spiro atoms. The first kappa shape index (κ1) is 23.7. The summed E-state index contributed by atoms with van der Waals surface area (Å²) >= 11 is 0. The van der Waals surface area contributed by atoms with Crippen LogP contribution in [0.2, 0.25) is 0 Å². The minimum absolute atomic E-state index is 0.0578. The van der Waals surface area contributed by atoms with Crippen molar-refractivity contribution in [2.45, 2.75) is 110 Å². The molecule has 4 aliphatic rings. The lowest BCUT2D eigenvalue weighted by atomic mass is 9.53. The molecule has 5 atom stereocenters. The SMILES string of the molecule is CC(=O)O[C@H]1CC[C@H]2[C@@H]3CCC4=CC(=O)CCC4=C3[C@@H](CCCCCCCCO)C[C@]12C. The van der Waals surface area contributed by atoms with Crippen molar-refractivity contribution < 1.29 is 19.4 Å². The van der Waals surface area contributed by atoms with Crippen LogP contribution in [-0.2, 0) is 14.3 Å². The van der Waals surface area contributed by atoms with Gasteiger partial charge in [0, 0.05) is 25.4 Å². The normalized spacial score (nSPS) is 34.0. The van der Waals surface area contributed by atoms with E-state index in [-0.39, 0.29) is 17.5 Å². The van der Waals surface area contributed by atoms with Crippen LogP contribution in [0.5, 0.6) is 0 Å². The van der Waals surface area contributed by atoms with Crippen molar-refractivity contribution in [3.8, 4) is 0 Å². The molecule has 4 aliphatic carbocycles. The zero-order chi connectivity index (χ0) is 22.7. The van der Waals surface area contributed by atoms with Crippen LogP contribution in [0.3, 0.4) is 0 Å². The van der Waals surface area contributed by atoms with E-state index >= 15 is 0 Å². The summed E-state index contributed by atoms with van der Waals surface area (Å²) in [6.07, 6.45) is 17.3. The number of ketones is 1. The van der Waals surface area contributed by atoms with E-state index in [4.69, 9.17) is 9.84 Å². The van der Waals surface area contributed by atoms with Gasteiger partial charge in [0.15, 0.2) is 5.78 Å². The number of esters is 1. The van der Waals surface area contributed by atoms with Crippen molar-refractivity contribution in [1.82, 2.24) is 0 Å². The number of aliphatic hydroxyl groups excluding tert-OH is 1. The van der Waals surface area contributed by atoms with Crippen LogP contribution >= 0.6 is 0 Å². The molecule has 4 nitrogen and oxygen atoms in total. The molecular formula is C28H42O4. The van der Waals surface area contributed by atoms with Crippen LogP contribution in [0.4, 0.5) is 0 Å². The zero-order valence-corrected chi connectivity index (χ0v) is 20.2. The number of allylic oxidation sites excluding steroid dienone is 4. The second-order valence-corrected chi connectivity index (χ2v) is 11.0. The lowest BCUT2D eigenvalue weighted by Gasteiger charge is -2.52. The molecule has 0 heterocycles. The van der Waals surface area contributed by atoms with Gasteiger partial charge in [0.05, 0.1) is 0 Å². The van der Waals surface area contributed by atoms with E-state index in [0.29, 0.717) is 36.6 Å². The minimum atomic E-state index is -0.139. The van der Waals surface area contributed by atoms with Gasteiger partial charge in [0.1, 0.15) is 6.10 Å². The minimum Gasteiger partial charge on any atom is -0.462 e. The summed E-state index contributed by atoms with van der Waals surface area (Å²) in [6.45, 7) is 4.26. The molecule has 0 unspecified atom stereocenters. The Balaban J connectivity index is 1.54. The Morgan fingerprint density at radius 3 is 2.56 bits per heavy atom. The van der Waals surface area contributed by atoms with E-state index in [2.05, 4.69) is 6.92 Å². The summed E-state index contributed by atoms with van der Waals surface area (Å²) in [5.74, 6) is 1.92. The van der Waals surface area contributed by atoms with Crippen molar-refractivity contribution in [1.29, 1.82) is 0 Å². The number of hydrogen-bond acceptors (Lipinski definition) is 4. The van der Waals surface area contributed by atoms with E-state index in [1.165, 1.54) is 43.3 Å². The molecule has 0 aromatic carbocycles. The van der Waals surface area contributed by atoms with E-state index in [1.54, 1.807) is 12.5 Å². The number of carbonyl (C=O) groups is 2. The molecule has 0 saturated heterocycles. The lowest BCUT2D eigenvalue weighted by molar-refractivity contribution is -0.154. The molecule has 32 heavy (non-hydrogen) atoms. The predicted molar refractivity (Wildman–Crippen MR) is 126 cm³/mol. The van der Waals surface area contributed by atoms with Crippen molar-refractivity contribution >= 4 is 11.8 Å². The number of unbranched alkanes of at least 4 members (excludes halogenated alkanes) is 5. The van der Waals surface area contributed by atoms with Crippen molar-refractivity contribution in [3.05, 3.63) is 22.8 Å². The summed E-state index contributed by atoms with van der Waals surface area (Å²) in [5, 5.41) is 8.97. The van der Waals surface area contributed by atoms with Gasteiger partial charge in [0.25, 0.3) is 0 Å². The molecule has 0 radical (unpaired) electrons. The Morgan fingerprint density at radius 1 is 1.06 bits per heavy atom. The third-order valence-corrected chi connectivity index (χ3v) is 9.02. The lowest BCUT2D eigenvalue weighted by Crippen LogP contribution is -2.46. The summed E-state index contributed by atoms with van der Waals surface area (Å²) in [4.78, 5) is 23.9. The zero-order valence-electron chi connectivity index (χ0n) is 20.2. The highest BCUT2D eigenvalue weighted by molar-refractivity contribution is 5.93.